The molecule has 0 saturated carbocycles. The van der Waals surface area contributed by atoms with Crippen LogP contribution in [0.4, 0.5) is 11.4 Å². The van der Waals surface area contributed by atoms with Crippen LogP contribution >= 0.6 is 15.9 Å². The fourth-order valence-electron chi connectivity index (χ4n) is 1.55. The summed E-state index contributed by atoms with van der Waals surface area (Å²) in [5, 5.41) is 0. The maximum atomic E-state index is 12.2. The van der Waals surface area contributed by atoms with Gasteiger partial charge in [0.25, 0.3) is 10.0 Å². The van der Waals surface area contributed by atoms with Crippen molar-refractivity contribution in [2.24, 2.45) is 0 Å². The second kappa shape index (κ2) is 5.22. The Labute approximate surface area is 120 Å². The number of nitrogen functional groups attached to an aromatic ring is 1. The van der Waals surface area contributed by atoms with Crippen molar-refractivity contribution in [3.05, 3.63) is 52.5 Å². The molecule has 0 aliphatic heterocycles. The summed E-state index contributed by atoms with van der Waals surface area (Å²) in [6, 6.07) is 11.6. The summed E-state index contributed by atoms with van der Waals surface area (Å²) in [5.74, 6) is 0. The van der Waals surface area contributed by atoms with E-state index < -0.39 is 10.0 Å². The number of sulfonamides is 1. The van der Waals surface area contributed by atoms with E-state index in [2.05, 4.69) is 20.7 Å². The Hall–Kier alpha value is -1.53. The third-order valence-corrected chi connectivity index (χ3v) is 4.51. The standard InChI is InChI=1S/C13H13BrN2O2S/c1-9-5-6-11(8-13(9)15)16-19(17,18)12-4-2-3-10(14)7-12/h2-8,16H,15H2,1H3. The van der Waals surface area contributed by atoms with E-state index in [1.807, 2.05) is 6.92 Å². The van der Waals surface area contributed by atoms with Gasteiger partial charge < -0.3 is 5.73 Å². The lowest BCUT2D eigenvalue weighted by Crippen LogP contribution is -2.13. The van der Waals surface area contributed by atoms with Gasteiger partial charge in [0.05, 0.1) is 10.6 Å². The minimum atomic E-state index is -3.60. The van der Waals surface area contributed by atoms with Crippen molar-refractivity contribution in [3.8, 4) is 0 Å². The molecule has 100 valence electrons. The third kappa shape index (κ3) is 3.27. The Morgan fingerprint density at radius 3 is 2.53 bits per heavy atom. The van der Waals surface area contributed by atoms with Gasteiger partial charge in [0, 0.05) is 10.2 Å². The zero-order valence-electron chi connectivity index (χ0n) is 10.2. The predicted molar refractivity (Wildman–Crippen MR) is 80.5 cm³/mol. The molecule has 2 aromatic rings. The summed E-state index contributed by atoms with van der Waals surface area (Å²) in [7, 11) is -3.60. The number of hydrogen-bond acceptors (Lipinski definition) is 3. The van der Waals surface area contributed by atoms with Crippen LogP contribution in [-0.4, -0.2) is 8.42 Å². The van der Waals surface area contributed by atoms with Gasteiger partial charge in [-0.3, -0.25) is 4.72 Å². The number of nitrogens with two attached hydrogens (primary N) is 1. The fraction of sp³-hybridized carbons (Fsp3) is 0.0769. The Kier molecular flexibility index (Phi) is 3.82. The minimum Gasteiger partial charge on any atom is -0.398 e. The maximum Gasteiger partial charge on any atom is 0.261 e. The van der Waals surface area contributed by atoms with Crippen LogP contribution in [0.15, 0.2) is 51.8 Å². The average Bonchev–Trinajstić information content (AvgIpc) is 2.33. The molecule has 0 fully saturated rings. The predicted octanol–water partition coefficient (Wildman–Crippen LogP) is 3.14. The molecule has 0 aliphatic carbocycles. The molecule has 4 nitrogen and oxygen atoms in total. The van der Waals surface area contributed by atoms with Gasteiger partial charge >= 0.3 is 0 Å². The molecule has 0 aromatic heterocycles. The zero-order valence-corrected chi connectivity index (χ0v) is 12.6. The summed E-state index contributed by atoms with van der Waals surface area (Å²) in [6.07, 6.45) is 0. The van der Waals surface area contributed by atoms with Crippen molar-refractivity contribution in [1.29, 1.82) is 0 Å². The van der Waals surface area contributed by atoms with Crippen molar-refractivity contribution in [1.82, 2.24) is 0 Å². The quantitative estimate of drug-likeness (QED) is 0.843. The van der Waals surface area contributed by atoms with Crippen molar-refractivity contribution >= 4 is 37.3 Å². The highest BCUT2D eigenvalue weighted by Gasteiger charge is 2.14. The fourth-order valence-corrected chi connectivity index (χ4v) is 3.20. The Morgan fingerprint density at radius 2 is 1.89 bits per heavy atom. The van der Waals surface area contributed by atoms with Gasteiger partial charge in [-0.25, -0.2) is 8.42 Å². The number of anilines is 2. The maximum absolute atomic E-state index is 12.2. The number of hydrogen-bond donors (Lipinski definition) is 2. The van der Waals surface area contributed by atoms with Gasteiger partial charge in [0.2, 0.25) is 0 Å². The molecule has 0 aliphatic rings. The SMILES string of the molecule is Cc1ccc(NS(=O)(=O)c2cccc(Br)c2)cc1N. The summed E-state index contributed by atoms with van der Waals surface area (Å²) >= 11 is 3.25. The van der Waals surface area contributed by atoms with E-state index >= 15 is 0 Å². The second-order valence-corrected chi connectivity index (χ2v) is 6.73. The van der Waals surface area contributed by atoms with Crippen molar-refractivity contribution in [2.45, 2.75) is 11.8 Å². The lowest BCUT2D eigenvalue weighted by atomic mass is 10.2. The molecule has 2 rings (SSSR count). The Morgan fingerprint density at radius 1 is 1.16 bits per heavy atom. The van der Waals surface area contributed by atoms with Crippen LogP contribution in [0.1, 0.15) is 5.56 Å². The third-order valence-electron chi connectivity index (χ3n) is 2.64. The zero-order chi connectivity index (χ0) is 14.0. The first-order valence-electron chi connectivity index (χ1n) is 5.53. The lowest BCUT2D eigenvalue weighted by molar-refractivity contribution is 0.601. The van der Waals surface area contributed by atoms with E-state index in [0.29, 0.717) is 15.8 Å². The summed E-state index contributed by atoms with van der Waals surface area (Å²) in [6.45, 7) is 1.86. The monoisotopic (exact) mass is 340 g/mol. The second-order valence-electron chi connectivity index (χ2n) is 4.13. The Bertz CT molecular complexity index is 714. The number of benzene rings is 2. The van der Waals surface area contributed by atoms with E-state index in [4.69, 9.17) is 5.73 Å². The van der Waals surface area contributed by atoms with E-state index in [-0.39, 0.29) is 4.90 Å². The van der Waals surface area contributed by atoms with Crippen LogP contribution in [0.3, 0.4) is 0 Å². The molecule has 3 N–H and O–H groups in total. The molecule has 0 bridgehead atoms. The number of aryl methyl sites for hydroxylation is 1. The molecule has 19 heavy (non-hydrogen) atoms. The van der Waals surface area contributed by atoms with Crippen LogP contribution in [0.25, 0.3) is 0 Å². The molecule has 0 heterocycles. The van der Waals surface area contributed by atoms with Crippen LogP contribution in [0, 0.1) is 6.92 Å². The average molecular weight is 341 g/mol. The topological polar surface area (TPSA) is 72.2 Å². The first kappa shape index (κ1) is 13.9. The first-order chi connectivity index (χ1) is 8.88. The summed E-state index contributed by atoms with van der Waals surface area (Å²) in [4.78, 5) is 0.195. The van der Waals surface area contributed by atoms with Crippen molar-refractivity contribution in [3.63, 3.8) is 0 Å². The summed E-state index contributed by atoms with van der Waals surface area (Å²) < 4.78 is 27.6. The van der Waals surface area contributed by atoms with Gasteiger partial charge in [-0.1, -0.05) is 28.1 Å². The van der Waals surface area contributed by atoms with Crippen LogP contribution < -0.4 is 10.5 Å². The molecule has 2 aromatic carbocycles. The van der Waals surface area contributed by atoms with Gasteiger partial charge in [-0.2, -0.15) is 0 Å². The number of rotatable bonds is 3. The summed E-state index contributed by atoms with van der Waals surface area (Å²) in [5.41, 5.74) is 7.67. The van der Waals surface area contributed by atoms with E-state index in [9.17, 15) is 8.42 Å². The normalized spacial score (nSPS) is 11.3. The smallest absolute Gasteiger partial charge is 0.261 e. The molecule has 0 atom stereocenters. The van der Waals surface area contributed by atoms with Crippen molar-refractivity contribution in [2.75, 3.05) is 10.5 Å². The first-order valence-corrected chi connectivity index (χ1v) is 7.80. The molecule has 0 unspecified atom stereocenters. The number of nitrogens with one attached hydrogen (secondary N) is 1. The van der Waals surface area contributed by atoms with Gasteiger partial charge in [-0.05, 0) is 42.8 Å². The van der Waals surface area contributed by atoms with Crippen LogP contribution in [0.2, 0.25) is 0 Å². The lowest BCUT2D eigenvalue weighted by Gasteiger charge is -2.10. The van der Waals surface area contributed by atoms with Gasteiger partial charge in [-0.15, -0.1) is 0 Å². The van der Waals surface area contributed by atoms with Gasteiger partial charge in [0.15, 0.2) is 0 Å². The molecule has 0 saturated heterocycles. The van der Waals surface area contributed by atoms with E-state index in [1.54, 1.807) is 36.4 Å². The molecule has 6 heteroatoms. The Balaban J connectivity index is 2.33. The highest BCUT2D eigenvalue weighted by molar-refractivity contribution is 9.10. The van der Waals surface area contributed by atoms with Crippen LogP contribution in [0.5, 0.6) is 0 Å². The highest BCUT2D eigenvalue weighted by Crippen LogP contribution is 2.22. The molecule has 0 radical (unpaired) electrons. The number of halogens is 1. The highest BCUT2D eigenvalue weighted by atomic mass is 79.9. The van der Waals surface area contributed by atoms with Gasteiger partial charge in [0.1, 0.15) is 0 Å². The van der Waals surface area contributed by atoms with E-state index in [1.165, 1.54) is 6.07 Å². The van der Waals surface area contributed by atoms with Crippen LogP contribution in [-0.2, 0) is 10.0 Å². The van der Waals surface area contributed by atoms with E-state index in [0.717, 1.165) is 5.56 Å². The molecular formula is C13H13BrN2O2S. The molecular weight excluding hydrogens is 328 g/mol. The molecule has 0 amide bonds. The minimum absolute atomic E-state index is 0.195. The van der Waals surface area contributed by atoms with Crippen molar-refractivity contribution < 1.29 is 8.42 Å². The molecule has 0 spiro atoms. The largest absolute Gasteiger partial charge is 0.398 e.